The van der Waals surface area contributed by atoms with Crippen LogP contribution in [0.25, 0.3) is 5.69 Å². The first-order valence-electron chi connectivity index (χ1n) is 5.55. The number of phenols is 1. The molecular formula is C13H17N3O. The van der Waals surface area contributed by atoms with Gasteiger partial charge < -0.3 is 10.0 Å². The molecule has 2 aromatic rings. The zero-order valence-electron chi connectivity index (χ0n) is 10.4. The topological polar surface area (TPSA) is 41.3 Å². The van der Waals surface area contributed by atoms with Gasteiger partial charge >= 0.3 is 0 Å². The number of para-hydroxylation sites is 2. The van der Waals surface area contributed by atoms with Gasteiger partial charge in [0.2, 0.25) is 0 Å². The molecule has 0 saturated carbocycles. The minimum Gasteiger partial charge on any atom is -0.506 e. The Morgan fingerprint density at radius 2 is 2.00 bits per heavy atom. The van der Waals surface area contributed by atoms with Gasteiger partial charge in [-0.3, -0.25) is 4.57 Å². The van der Waals surface area contributed by atoms with Crippen molar-refractivity contribution in [3.8, 4) is 11.4 Å². The van der Waals surface area contributed by atoms with Gasteiger partial charge in [0.15, 0.2) is 0 Å². The van der Waals surface area contributed by atoms with E-state index in [0.29, 0.717) is 0 Å². The van der Waals surface area contributed by atoms with Crippen LogP contribution in [0.1, 0.15) is 11.4 Å². The molecule has 0 unspecified atom stereocenters. The van der Waals surface area contributed by atoms with Gasteiger partial charge in [-0.2, -0.15) is 0 Å². The predicted molar refractivity (Wildman–Crippen MR) is 67.4 cm³/mol. The van der Waals surface area contributed by atoms with Crippen LogP contribution in [-0.2, 0) is 6.54 Å². The summed E-state index contributed by atoms with van der Waals surface area (Å²) >= 11 is 0. The molecule has 1 aromatic carbocycles. The van der Waals surface area contributed by atoms with Crippen molar-refractivity contribution in [2.45, 2.75) is 13.5 Å². The predicted octanol–water partition coefficient (Wildman–Crippen LogP) is 1.95. The molecule has 1 heterocycles. The van der Waals surface area contributed by atoms with Gasteiger partial charge in [0.25, 0.3) is 0 Å². The molecule has 1 aromatic heterocycles. The molecule has 0 atom stereocenters. The highest BCUT2D eigenvalue weighted by Gasteiger charge is 2.10. The maximum Gasteiger partial charge on any atom is 0.139 e. The monoisotopic (exact) mass is 231 g/mol. The highest BCUT2D eigenvalue weighted by molar-refractivity contribution is 5.46. The molecule has 17 heavy (non-hydrogen) atoms. The normalized spacial score (nSPS) is 11.1. The molecule has 4 nitrogen and oxygen atoms in total. The molecule has 0 radical (unpaired) electrons. The fourth-order valence-electron chi connectivity index (χ4n) is 1.81. The Balaban J connectivity index is 2.41. The summed E-state index contributed by atoms with van der Waals surface area (Å²) in [5.41, 5.74) is 2.85. The number of hydrogen-bond acceptors (Lipinski definition) is 3. The lowest BCUT2D eigenvalue weighted by atomic mass is 10.2. The molecule has 4 heteroatoms. The van der Waals surface area contributed by atoms with Gasteiger partial charge in [-0.25, -0.2) is 4.98 Å². The van der Waals surface area contributed by atoms with E-state index in [4.69, 9.17) is 0 Å². The van der Waals surface area contributed by atoms with E-state index in [9.17, 15) is 5.11 Å². The molecule has 0 aliphatic carbocycles. The van der Waals surface area contributed by atoms with Gasteiger partial charge in [0, 0.05) is 12.2 Å². The maximum atomic E-state index is 9.82. The van der Waals surface area contributed by atoms with Crippen LogP contribution in [0.3, 0.4) is 0 Å². The van der Waals surface area contributed by atoms with Crippen LogP contribution in [0, 0.1) is 6.92 Å². The van der Waals surface area contributed by atoms with Crippen LogP contribution in [0.4, 0.5) is 0 Å². The van der Waals surface area contributed by atoms with E-state index in [2.05, 4.69) is 9.88 Å². The molecule has 0 aliphatic rings. The van der Waals surface area contributed by atoms with E-state index in [1.807, 2.05) is 43.8 Å². The third kappa shape index (κ3) is 2.31. The van der Waals surface area contributed by atoms with Crippen LogP contribution < -0.4 is 0 Å². The lowest BCUT2D eigenvalue weighted by molar-refractivity contribution is 0.396. The van der Waals surface area contributed by atoms with Crippen molar-refractivity contribution in [1.29, 1.82) is 0 Å². The van der Waals surface area contributed by atoms with Crippen molar-refractivity contribution in [3.63, 3.8) is 0 Å². The molecule has 90 valence electrons. The zero-order chi connectivity index (χ0) is 12.4. The van der Waals surface area contributed by atoms with Gasteiger partial charge in [-0.05, 0) is 33.2 Å². The number of imidazole rings is 1. The Kier molecular flexibility index (Phi) is 3.15. The first-order valence-corrected chi connectivity index (χ1v) is 5.55. The molecule has 2 rings (SSSR count). The van der Waals surface area contributed by atoms with Crippen molar-refractivity contribution < 1.29 is 5.11 Å². The molecule has 0 bridgehead atoms. The second kappa shape index (κ2) is 4.59. The van der Waals surface area contributed by atoms with E-state index in [1.54, 1.807) is 12.4 Å². The zero-order valence-corrected chi connectivity index (χ0v) is 10.4. The summed E-state index contributed by atoms with van der Waals surface area (Å²) in [6.45, 7) is 2.81. The van der Waals surface area contributed by atoms with Crippen molar-refractivity contribution in [1.82, 2.24) is 14.5 Å². The number of aromatic hydroxyl groups is 1. The Labute approximate surface area is 101 Å². The first-order chi connectivity index (χ1) is 8.09. The van der Waals surface area contributed by atoms with Crippen LogP contribution in [0.5, 0.6) is 5.75 Å². The number of nitrogens with zero attached hydrogens (tertiary/aromatic N) is 3. The Bertz CT molecular complexity index is 517. The number of rotatable bonds is 3. The molecule has 0 spiro atoms. The van der Waals surface area contributed by atoms with E-state index >= 15 is 0 Å². The first kappa shape index (κ1) is 11.7. The van der Waals surface area contributed by atoms with E-state index < -0.39 is 0 Å². The SMILES string of the molecule is Cc1c(CN(C)C)ncn1-c1ccccc1O. The van der Waals surface area contributed by atoms with Gasteiger partial charge in [0.05, 0.1) is 17.7 Å². The number of benzene rings is 1. The standard InChI is InChI=1S/C13H17N3O/c1-10-11(8-15(2)3)14-9-16(10)12-6-4-5-7-13(12)17/h4-7,9,17H,8H2,1-3H3. The summed E-state index contributed by atoms with van der Waals surface area (Å²) < 4.78 is 1.91. The number of phenolic OH excluding ortho intramolecular Hbond substituents is 1. The van der Waals surface area contributed by atoms with Crippen LogP contribution in [0.15, 0.2) is 30.6 Å². The molecule has 0 fully saturated rings. The second-order valence-corrected chi connectivity index (χ2v) is 4.37. The van der Waals surface area contributed by atoms with Crippen LogP contribution in [0.2, 0.25) is 0 Å². The quantitative estimate of drug-likeness (QED) is 0.877. The van der Waals surface area contributed by atoms with Crippen LogP contribution in [-0.4, -0.2) is 33.7 Å². The molecular weight excluding hydrogens is 214 g/mol. The Morgan fingerprint density at radius 1 is 1.29 bits per heavy atom. The van der Waals surface area contributed by atoms with Gasteiger partial charge in [0.1, 0.15) is 5.75 Å². The summed E-state index contributed by atoms with van der Waals surface area (Å²) in [5.74, 6) is 0.268. The lowest BCUT2D eigenvalue weighted by Crippen LogP contribution is -2.12. The highest BCUT2D eigenvalue weighted by atomic mass is 16.3. The third-order valence-corrected chi connectivity index (χ3v) is 2.72. The number of aromatic nitrogens is 2. The lowest BCUT2D eigenvalue weighted by Gasteiger charge is -2.10. The van der Waals surface area contributed by atoms with Crippen molar-refractivity contribution in [3.05, 3.63) is 42.0 Å². The summed E-state index contributed by atoms with van der Waals surface area (Å²) in [6, 6.07) is 7.27. The molecule has 0 saturated heterocycles. The largest absolute Gasteiger partial charge is 0.506 e. The Hall–Kier alpha value is -1.81. The molecule has 1 N–H and O–H groups in total. The average Bonchev–Trinajstić information content (AvgIpc) is 2.61. The smallest absolute Gasteiger partial charge is 0.139 e. The maximum absolute atomic E-state index is 9.82. The average molecular weight is 231 g/mol. The Morgan fingerprint density at radius 3 is 2.65 bits per heavy atom. The summed E-state index contributed by atoms with van der Waals surface area (Å²) in [4.78, 5) is 6.46. The fourth-order valence-corrected chi connectivity index (χ4v) is 1.81. The van der Waals surface area contributed by atoms with E-state index in [1.165, 1.54) is 0 Å². The molecule has 0 amide bonds. The van der Waals surface area contributed by atoms with E-state index in [-0.39, 0.29) is 5.75 Å². The van der Waals surface area contributed by atoms with Crippen molar-refractivity contribution >= 4 is 0 Å². The highest BCUT2D eigenvalue weighted by Crippen LogP contribution is 2.23. The fraction of sp³-hybridized carbons (Fsp3) is 0.308. The number of hydrogen-bond donors (Lipinski definition) is 1. The van der Waals surface area contributed by atoms with Gasteiger partial charge in [-0.1, -0.05) is 12.1 Å². The van der Waals surface area contributed by atoms with Crippen molar-refractivity contribution in [2.75, 3.05) is 14.1 Å². The van der Waals surface area contributed by atoms with Crippen molar-refractivity contribution in [2.24, 2.45) is 0 Å². The van der Waals surface area contributed by atoms with Crippen LogP contribution >= 0.6 is 0 Å². The summed E-state index contributed by atoms with van der Waals surface area (Å²) in [7, 11) is 4.02. The minimum absolute atomic E-state index is 0.268. The second-order valence-electron chi connectivity index (χ2n) is 4.37. The minimum atomic E-state index is 0.268. The summed E-state index contributed by atoms with van der Waals surface area (Å²) in [6.07, 6.45) is 1.75. The van der Waals surface area contributed by atoms with Gasteiger partial charge in [-0.15, -0.1) is 0 Å². The molecule has 0 aliphatic heterocycles. The van der Waals surface area contributed by atoms with E-state index in [0.717, 1.165) is 23.6 Å². The summed E-state index contributed by atoms with van der Waals surface area (Å²) in [5, 5.41) is 9.82. The third-order valence-electron chi connectivity index (χ3n) is 2.72.